The van der Waals surface area contributed by atoms with E-state index in [0.717, 1.165) is 12.0 Å². The lowest BCUT2D eigenvalue weighted by atomic mass is 9.97. The molecular formula is C18H19FO. The van der Waals surface area contributed by atoms with Gasteiger partial charge in [0.25, 0.3) is 0 Å². The zero-order valence-corrected chi connectivity index (χ0v) is 12.1. The number of aryl methyl sites for hydroxylation is 1. The van der Waals surface area contributed by atoms with Crippen LogP contribution in [0.25, 0.3) is 0 Å². The van der Waals surface area contributed by atoms with Gasteiger partial charge in [0.2, 0.25) is 0 Å². The monoisotopic (exact) mass is 270 g/mol. The van der Waals surface area contributed by atoms with Crippen molar-refractivity contribution in [2.24, 2.45) is 5.92 Å². The van der Waals surface area contributed by atoms with Crippen LogP contribution in [0.15, 0.2) is 42.5 Å². The number of carbonyl (C=O) groups excluding carboxylic acids is 1. The Labute approximate surface area is 119 Å². The largest absolute Gasteiger partial charge is 0.289 e. The number of benzene rings is 2. The fraction of sp³-hybridized carbons (Fsp3) is 0.278. The highest BCUT2D eigenvalue weighted by Gasteiger charge is 2.11. The summed E-state index contributed by atoms with van der Waals surface area (Å²) in [5, 5.41) is 0. The van der Waals surface area contributed by atoms with Crippen molar-refractivity contribution < 1.29 is 9.18 Å². The van der Waals surface area contributed by atoms with Crippen molar-refractivity contribution in [1.29, 1.82) is 0 Å². The van der Waals surface area contributed by atoms with Crippen LogP contribution in [0.2, 0.25) is 0 Å². The fourth-order valence-electron chi connectivity index (χ4n) is 2.21. The van der Waals surface area contributed by atoms with E-state index in [1.807, 2.05) is 18.2 Å². The molecule has 0 saturated heterocycles. The summed E-state index contributed by atoms with van der Waals surface area (Å²) in [6.07, 6.45) is 0.934. The number of carbonyl (C=O) groups is 1. The van der Waals surface area contributed by atoms with Crippen molar-refractivity contribution in [3.05, 3.63) is 70.5 Å². The molecule has 0 saturated carbocycles. The number of hydrogen-bond donors (Lipinski definition) is 0. The molecule has 0 bridgehead atoms. The zero-order valence-electron chi connectivity index (χ0n) is 12.1. The maximum atomic E-state index is 13.6. The Morgan fingerprint density at radius 1 is 1.10 bits per heavy atom. The van der Waals surface area contributed by atoms with Crippen LogP contribution in [0.3, 0.4) is 0 Å². The number of ketones is 1. The van der Waals surface area contributed by atoms with Gasteiger partial charge >= 0.3 is 0 Å². The normalized spacial score (nSPS) is 10.8. The third kappa shape index (κ3) is 3.32. The molecule has 0 aliphatic heterocycles. The standard InChI is InChI=1S/C18H19FO/c1-12(2)9-14-5-4-6-15(10-14)18(20)16-8-7-13(3)17(19)11-16/h4-8,10-12H,9H2,1-3H3. The van der Waals surface area contributed by atoms with E-state index in [1.54, 1.807) is 25.1 Å². The lowest BCUT2D eigenvalue weighted by Crippen LogP contribution is -2.04. The second-order valence-electron chi connectivity index (χ2n) is 5.59. The summed E-state index contributed by atoms with van der Waals surface area (Å²) in [5.41, 5.74) is 2.70. The van der Waals surface area contributed by atoms with Gasteiger partial charge in [0, 0.05) is 11.1 Å². The Morgan fingerprint density at radius 3 is 2.45 bits per heavy atom. The van der Waals surface area contributed by atoms with Crippen molar-refractivity contribution in [3.8, 4) is 0 Å². The highest BCUT2D eigenvalue weighted by atomic mass is 19.1. The predicted molar refractivity (Wildman–Crippen MR) is 79.6 cm³/mol. The summed E-state index contributed by atoms with van der Waals surface area (Å²) in [7, 11) is 0. The van der Waals surface area contributed by atoms with E-state index in [1.165, 1.54) is 6.07 Å². The van der Waals surface area contributed by atoms with Crippen LogP contribution in [0.4, 0.5) is 4.39 Å². The number of halogens is 1. The summed E-state index contributed by atoms with van der Waals surface area (Å²) < 4.78 is 13.6. The van der Waals surface area contributed by atoms with E-state index in [-0.39, 0.29) is 11.6 Å². The van der Waals surface area contributed by atoms with Gasteiger partial charge in [0.05, 0.1) is 0 Å². The molecular weight excluding hydrogens is 251 g/mol. The van der Waals surface area contributed by atoms with Crippen LogP contribution in [-0.4, -0.2) is 5.78 Å². The van der Waals surface area contributed by atoms with E-state index < -0.39 is 0 Å². The van der Waals surface area contributed by atoms with Gasteiger partial charge in [-0.1, -0.05) is 44.2 Å². The first-order valence-corrected chi connectivity index (χ1v) is 6.87. The van der Waals surface area contributed by atoms with Crippen molar-refractivity contribution in [1.82, 2.24) is 0 Å². The topological polar surface area (TPSA) is 17.1 Å². The predicted octanol–water partition coefficient (Wildman–Crippen LogP) is 4.56. The molecule has 0 radical (unpaired) electrons. The van der Waals surface area contributed by atoms with Crippen LogP contribution in [0.5, 0.6) is 0 Å². The molecule has 2 aromatic rings. The first-order chi connectivity index (χ1) is 9.47. The molecule has 0 aliphatic carbocycles. The van der Waals surface area contributed by atoms with Gasteiger partial charge in [-0.2, -0.15) is 0 Å². The molecule has 0 atom stereocenters. The van der Waals surface area contributed by atoms with Gasteiger partial charge in [0.1, 0.15) is 5.82 Å². The molecule has 2 heteroatoms. The van der Waals surface area contributed by atoms with Gasteiger partial charge in [-0.15, -0.1) is 0 Å². The number of rotatable bonds is 4. The van der Waals surface area contributed by atoms with Crippen molar-refractivity contribution >= 4 is 5.78 Å². The summed E-state index contributed by atoms with van der Waals surface area (Å²) in [5.74, 6) is 0.0702. The minimum absolute atomic E-state index is 0.130. The minimum Gasteiger partial charge on any atom is -0.289 e. The van der Waals surface area contributed by atoms with Crippen molar-refractivity contribution in [2.75, 3.05) is 0 Å². The molecule has 0 fully saturated rings. The maximum absolute atomic E-state index is 13.6. The first-order valence-electron chi connectivity index (χ1n) is 6.87. The Bertz CT molecular complexity index is 629. The average Bonchev–Trinajstić information content (AvgIpc) is 2.40. The zero-order chi connectivity index (χ0) is 14.7. The average molecular weight is 270 g/mol. The van der Waals surface area contributed by atoms with E-state index in [4.69, 9.17) is 0 Å². The molecule has 104 valence electrons. The number of hydrogen-bond acceptors (Lipinski definition) is 1. The summed E-state index contributed by atoms with van der Waals surface area (Å²) in [6, 6.07) is 12.2. The van der Waals surface area contributed by atoms with Crippen LogP contribution in [0.1, 0.15) is 40.9 Å². The summed E-state index contributed by atoms with van der Waals surface area (Å²) >= 11 is 0. The molecule has 0 spiro atoms. The quantitative estimate of drug-likeness (QED) is 0.744. The second kappa shape index (κ2) is 6.00. The Balaban J connectivity index is 2.30. The molecule has 0 amide bonds. The SMILES string of the molecule is Cc1ccc(C(=O)c2cccc(CC(C)C)c2)cc1F. The van der Waals surface area contributed by atoms with Crippen LogP contribution in [0, 0.1) is 18.7 Å². The van der Waals surface area contributed by atoms with Crippen LogP contribution >= 0.6 is 0 Å². The summed E-state index contributed by atoms with van der Waals surface area (Å²) in [6.45, 7) is 5.97. The molecule has 1 nitrogen and oxygen atoms in total. The molecule has 0 aromatic heterocycles. The second-order valence-corrected chi connectivity index (χ2v) is 5.59. The third-order valence-electron chi connectivity index (χ3n) is 3.27. The van der Waals surface area contributed by atoms with Crippen molar-refractivity contribution in [3.63, 3.8) is 0 Å². The lowest BCUT2D eigenvalue weighted by Gasteiger charge is -2.07. The Kier molecular flexibility index (Phi) is 4.33. The first kappa shape index (κ1) is 14.4. The van der Waals surface area contributed by atoms with Crippen molar-refractivity contribution in [2.45, 2.75) is 27.2 Å². The highest BCUT2D eigenvalue weighted by molar-refractivity contribution is 6.09. The lowest BCUT2D eigenvalue weighted by molar-refractivity contribution is 0.103. The Hall–Kier alpha value is -1.96. The van der Waals surface area contributed by atoms with Gasteiger partial charge in [-0.25, -0.2) is 4.39 Å². The van der Waals surface area contributed by atoms with Crippen LogP contribution in [-0.2, 0) is 6.42 Å². The smallest absolute Gasteiger partial charge is 0.193 e. The van der Waals surface area contributed by atoms with Crippen LogP contribution < -0.4 is 0 Å². The van der Waals surface area contributed by atoms with E-state index >= 15 is 0 Å². The van der Waals surface area contributed by atoms with Gasteiger partial charge in [-0.3, -0.25) is 4.79 Å². The minimum atomic E-state index is -0.339. The summed E-state index contributed by atoms with van der Waals surface area (Å²) in [4.78, 5) is 12.4. The van der Waals surface area contributed by atoms with Gasteiger partial charge < -0.3 is 0 Å². The Morgan fingerprint density at radius 2 is 1.80 bits per heavy atom. The van der Waals surface area contributed by atoms with E-state index in [9.17, 15) is 9.18 Å². The van der Waals surface area contributed by atoms with E-state index in [0.29, 0.717) is 22.6 Å². The molecule has 0 N–H and O–H groups in total. The molecule has 0 unspecified atom stereocenters. The molecule has 2 aromatic carbocycles. The maximum Gasteiger partial charge on any atom is 0.193 e. The highest BCUT2D eigenvalue weighted by Crippen LogP contribution is 2.16. The van der Waals surface area contributed by atoms with E-state index in [2.05, 4.69) is 13.8 Å². The van der Waals surface area contributed by atoms with Gasteiger partial charge in [0.15, 0.2) is 5.78 Å². The molecule has 0 heterocycles. The fourth-order valence-corrected chi connectivity index (χ4v) is 2.21. The third-order valence-corrected chi connectivity index (χ3v) is 3.27. The molecule has 2 rings (SSSR count). The molecule has 0 aliphatic rings. The van der Waals surface area contributed by atoms with Gasteiger partial charge in [-0.05, 0) is 42.5 Å². The molecule has 20 heavy (non-hydrogen) atoms.